The minimum Gasteiger partial charge on any atom is -0.324 e. The summed E-state index contributed by atoms with van der Waals surface area (Å²) in [5, 5.41) is 9.09. The fraction of sp³-hybridized carbons (Fsp3) is 0.591. The molecule has 1 aromatic rings. The molecule has 1 saturated carbocycles. The number of likely N-dealkylation sites (tertiary alicyclic amines) is 1. The van der Waals surface area contributed by atoms with Crippen molar-refractivity contribution < 1.29 is 9.18 Å². The normalized spacial score (nSPS) is 19.6. The number of amides is 2. The summed E-state index contributed by atoms with van der Waals surface area (Å²) in [6.45, 7) is 5.43. The van der Waals surface area contributed by atoms with Crippen LogP contribution in [0.1, 0.15) is 57.4 Å². The van der Waals surface area contributed by atoms with Crippen LogP contribution < -0.4 is 5.32 Å². The molecular formula is C22H31ClFN5O. The Labute approximate surface area is 183 Å². The number of nitrogens with zero attached hydrogens (tertiary/aromatic N) is 4. The zero-order valence-corrected chi connectivity index (χ0v) is 19.0. The second-order valence-electron chi connectivity index (χ2n) is 8.46. The van der Waals surface area contributed by atoms with Crippen molar-refractivity contribution in [2.45, 2.75) is 51.9 Å². The van der Waals surface area contributed by atoms with Gasteiger partial charge in [0.15, 0.2) is 0 Å². The Morgan fingerprint density at radius 1 is 1.37 bits per heavy atom. The van der Waals surface area contributed by atoms with E-state index in [2.05, 4.69) is 15.4 Å². The topological polar surface area (TPSA) is 60.3 Å². The van der Waals surface area contributed by atoms with Crippen molar-refractivity contribution in [1.82, 2.24) is 15.2 Å². The molecule has 0 bridgehead atoms. The molecule has 8 heteroatoms. The minimum atomic E-state index is -0.370. The summed E-state index contributed by atoms with van der Waals surface area (Å²) in [5.41, 5.74) is 2.36. The number of carbonyl (C=O) groups is 1. The fourth-order valence-electron chi connectivity index (χ4n) is 4.41. The van der Waals surface area contributed by atoms with E-state index >= 15 is 0 Å². The van der Waals surface area contributed by atoms with Gasteiger partial charge in [-0.05, 0) is 68.1 Å². The number of rotatable bonds is 3. The van der Waals surface area contributed by atoms with Gasteiger partial charge in [-0.15, -0.1) is 0 Å². The van der Waals surface area contributed by atoms with Crippen molar-refractivity contribution in [3.63, 3.8) is 0 Å². The highest BCUT2D eigenvalue weighted by molar-refractivity contribution is 6.30. The van der Waals surface area contributed by atoms with Crippen molar-refractivity contribution in [1.29, 1.82) is 0 Å². The van der Waals surface area contributed by atoms with Crippen LogP contribution in [0, 0.1) is 11.2 Å². The molecule has 0 unspecified atom stereocenters. The fourth-order valence-corrected chi connectivity index (χ4v) is 4.60. The predicted molar refractivity (Wildman–Crippen MR) is 120 cm³/mol. The number of guanidine groups is 1. The van der Waals surface area contributed by atoms with E-state index in [-0.39, 0.29) is 22.3 Å². The molecule has 1 spiro atoms. The molecule has 1 heterocycles. The van der Waals surface area contributed by atoms with Crippen LogP contribution in [0.4, 0.5) is 9.18 Å². The van der Waals surface area contributed by atoms with Crippen LogP contribution >= 0.6 is 11.6 Å². The van der Waals surface area contributed by atoms with Gasteiger partial charge in [0.05, 0.1) is 5.02 Å². The molecule has 6 nitrogen and oxygen atoms in total. The first-order chi connectivity index (χ1) is 14.3. The zero-order chi connectivity index (χ0) is 21.9. The first kappa shape index (κ1) is 22.5. The summed E-state index contributed by atoms with van der Waals surface area (Å²) in [7, 11) is 3.42. The van der Waals surface area contributed by atoms with Gasteiger partial charge in [-0.2, -0.15) is 5.10 Å². The van der Waals surface area contributed by atoms with Gasteiger partial charge < -0.3 is 4.90 Å². The van der Waals surface area contributed by atoms with Crippen molar-refractivity contribution in [3.8, 4) is 0 Å². The van der Waals surface area contributed by atoms with Crippen molar-refractivity contribution >= 4 is 29.3 Å². The Bertz CT molecular complexity index is 840. The third kappa shape index (κ3) is 4.94. The first-order valence-corrected chi connectivity index (χ1v) is 10.9. The maximum atomic E-state index is 13.4. The molecule has 2 amide bonds. The van der Waals surface area contributed by atoms with Gasteiger partial charge in [0.1, 0.15) is 5.82 Å². The average Bonchev–Trinajstić information content (AvgIpc) is 2.72. The molecule has 1 aliphatic heterocycles. The number of benzene rings is 1. The Kier molecular flexibility index (Phi) is 7.01. The molecule has 0 aromatic heterocycles. The molecule has 2 fully saturated rings. The zero-order valence-electron chi connectivity index (χ0n) is 18.2. The van der Waals surface area contributed by atoms with Crippen molar-refractivity contribution in [3.05, 3.63) is 34.6 Å². The van der Waals surface area contributed by atoms with Gasteiger partial charge in [-0.3, -0.25) is 10.3 Å². The van der Waals surface area contributed by atoms with E-state index in [1.54, 1.807) is 25.2 Å². The molecule has 1 saturated heterocycles. The Morgan fingerprint density at radius 2 is 2.03 bits per heavy atom. The lowest BCUT2D eigenvalue weighted by molar-refractivity contribution is 0.0277. The lowest BCUT2D eigenvalue weighted by Crippen LogP contribution is -2.53. The van der Waals surface area contributed by atoms with Gasteiger partial charge in [-0.1, -0.05) is 24.6 Å². The molecule has 0 atom stereocenters. The number of hydrogen-bond donors (Lipinski definition) is 1. The molecule has 2 aliphatic rings. The third-order valence-corrected chi connectivity index (χ3v) is 6.74. The summed E-state index contributed by atoms with van der Waals surface area (Å²) in [6.07, 6.45) is 4.94. The number of urea groups is 1. The van der Waals surface area contributed by atoms with Crippen LogP contribution in [0.25, 0.3) is 0 Å². The third-order valence-electron chi connectivity index (χ3n) is 6.45. The van der Waals surface area contributed by atoms with Crippen LogP contribution in [-0.4, -0.2) is 54.8 Å². The maximum absolute atomic E-state index is 13.4. The smallest absolute Gasteiger partial charge is 0.324 e. The van der Waals surface area contributed by atoms with Crippen LogP contribution in [0.5, 0.6) is 0 Å². The number of piperidine rings is 1. The number of aliphatic imine (C=N–C) groups is 1. The summed E-state index contributed by atoms with van der Waals surface area (Å²) >= 11 is 5.93. The van der Waals surface area contributed by atoms with Crippen LogP contribution in [0.2, 0.25) is 5.02 Å². The second kappa shape index (κ2) is 9.33. The molecular weight excluding hydrogens is 405 g/mol. The highest BCUT2D eigenvalue weighted by atomic mass is 35.5. The van der Waals surface area contributed by atoms with Crippen molar-refractivity contribution in [2.75, 3.05) is 27.2 Å². The van der Waals surface area contributed by atoms with Crippen molar-refractivity contribution in [2.24, 2.45) is 15.5 Å². The summed E-state index contributed by atoms with van der Waals surface area (Å²) in [4.78, 5) is 18.7. The van der Waals surface area contributed by atoms with Crippen LogP contribution in [0.15, 0.2) is 28.3 Å². The lowest BCUT2D eigenvalue weighted by atomic mass is 9.56. The van der Waals surface area contributed by atoms with E-state index in [1.165, 1.54) is 6.07 Å². The van der Waals surface area contributed by atoms with Gasteiger partial charge in [0.2, 0.25) is 5.96 Å². The Morgan fingerprint density at radius 3 is 2.60 bits per heavy atom. The lowest BCUT2D eigenvalue weighted by Gasteiger charge is -2.52. The standard InChI is InChI=1S/C22H31ClFN5O/c1-5-15(2)27-28(4)20(25-3)26-21(30)29-10-8-22(9-11-29)13-17(14-22)16-6-7-19(24)18(23)12-16/h6-7,12,17H,5,8-11,13-14H2,1-4H3,(H,25,26,30). The number of nitrogens with one attached hydrogen (secondary N) is 1. The van der Waals surface area contributed by atoms with Gasteiger partial charge in [0, 0.05) is 32.9 Å². The molecule has 1 N–H and O–H groups in total. The molecule has 1 aliphatic carbocycles. The predicted octanol–water partition coefficient (Wildman–Crippen LogP) is 4.85. The van der Waals surface area contributed by atoms with E-state index < -0.39 is 0 Å². The molecule has 3 rings (SSSR count). The highest BCUT2D eigenvalue weighted by Crippen LogP contribution is 2.56. The molecule has 1 aromatic carbocycles. The first-order valence-electron chi connectivity index (χ1n) is 10.5. The quantitative estimate of drug-likeness (QED) is 0.419. The monoisotopic (exact) mass is 435 g/mol. The number of hydrazone groups is 1. The summed E-state index contributed by atoms with van der Waals surface area (Å²) in [6, 6.07) is 4.90. The average molecular weight is 436 g/mol. The SMILES string of the molecule is CCC(C)=NN(C)C(=NC)NC(=O)N1CCC2(CC1)CC(c1ccc(F)c(Cl)c1)C2. The largest absolute Gasteiger partial charge is 0.324 e. The van der Waals surface area contributed by atoms with Gasteiger partial charge in [0.25, 0.3) is 0 Å². The number of hydrogen-bond acceptors (Lipinski definition) is 3. The summed E-state index contributed by atoms with van der Waals surface area (Å²) < 4.78 is 13.4. The van der Waals surface area contributed by atoms with E-state index in [4.69, 9.17) is 11.6 Å². The van der Waals surface area contributed by atoms with E-state index in [0.717, 1.165) is 56.5 Å². The number of halogens is 2. The van der Waals surface area contributed by atoms with Crippen LogP contribution in [0.3, 0.4) is 0 Å². The van der Waals surface area contributed by atoms with E-state index in [0.29, 0.717) is 11.9 Å². The minimum absolute atomic E-state index is 0.136. The molecule has 30 heavy (non-hydrogen) atoms. The van der Waals surface area contributed by atoms with E-state index in [9.17, 15) is 9.18 Å². The molecule has 164 valence electrons. The van der Waals surface area contributed by atoms with Gasteiger partial charge in [-0.25, -0.2) is 14.2 Å². The Balaban J connectivity index is 1.51. The highest BCUT2D eigenvalue weighted by Gasteiger charge is 2.46. The Hall–Kier alpha value is -2.15. The molecule has 0 radical (unpaired) electrons. The van der Waals surface area contributed by atoms with Crippen LogP contribution in [-0.2, 0) is 0 Å². The number of carbonyl (C=O) groups excluding carboxylic acids is 1. The maximum Gasteiger partial charge on any atom is 0.324 e. The van der Waals surface area contributed by atoms with Gasteiger partial charge >= 0.3 is 6.03 Å². The van der Waals surface area contributed by atoms with E-state index in [1.807, 2.05) is 24.8 Å². The second-order valence-corrected chi connectivity index (χ2v) is 8.86. The summed E-state index contributed by atoms with van der Waals surface area (Å²) in [5.74, 6) is 0.491.